The summed E-state index contributed by atoms with van der Waals surface area (Å²) in [5.74, 6) is 6.93. The van der Waals surface area contributed by atoms with Gasteiger partial charge in [0.1, 0.15) is 5.75 Å². The second-order valence-electron chi connectivity index (χ2n) is 5.82. The first-order valence-electron chi connectivity index (χ1n) is 7.42. The Labute approximate surface area is 128 Å². The quantitative estimate of drug-likeness (QED) is 0.817. The van der Waals surface area contributed by atoms with Crippen molar-refractivity contribution in [3.63, 3.8) is 0 Å². The molecule has 0 aliphatic carbocycles. The molecule has 1 rings (SSSR count). The van der Waals surface area contributed by atoms with Gasteiger partial charge in [-0.25, -0.2) is 0 Å². The van der Waals surface area contributed by atoms with Gasteiger partial charge in [0.2, 0.25) is 0 Å². The lowest BCUT2D eigenvalue weighted by molar-refractivity contribution is 0.141. The van der Waals surface area contributed by atoms with Gasteiger partial charge in [-0.2, -0.15) is 0 Å². The normalized spacial score (nSPS) is 11.2. The van der Waals surface area contributed by atoms with Crippen molar-refractivity contribution in [1.82, 2.24) is 4.90 Å². The average Bonchev–Trinajstić information content (AvgIpc) is 2.47. The summed E-state index contributed by atoms with van der Waals surface area (Å²) in [6.45, 7) is 7.60. The number of methoxy groups -OCH3 is 1. The molecule has 116 valence electrons. The third kappa shape index (κ3) is 5.08. The number of rotatable bonds is 6. The Morgan fingerprint density at radius 2 is 2.05 bits per heavy atom. The number of hydrogen-bond acceptors (Lipinski definition) is 3. The zero-order valence-corrected chi connectivity index (χ0v) is 13.9. The van der Waals surface area contributed by atoms with E-state index < -0.39 is 0 Å². The van der Waals surface area contributed by atoms with Crippen LogP contribution in [-0.4, -0.2) is 36.3 Å². The van der Waals surface area contributed by atoms with Crippen LogP contribution in [-0.2, 0) is 6.54 Å². The highest BCUT2D eigenvalue weighted by Gasteiger charge is 2.22. The molecular weight excluding hydrogens is 262 g/mol. The average molecular weight is 289 g/mol. The van der Waals surface area contributed by atoms with Crippen molar-refractivity contribution in [2.24, 2.45) is 0 Å². The van der Waals surface area contributed by atoms with Gasteiger partial charge in [-0.1, -0.05) is 18.8 Å². The molecule has 0 atom stereocenters. The van der Waals surface area contributed by atoms with Crippen LogP contribution in [0.2, 0.25) is 0 Å². The topological polar surface area (TPSA) is 32.7 Å². The molecule has 0 aliphatic rings. The van der Waals surface area contributed by atoms with Crippen LogP contribution in [0, 0.1) is 11.8 Å². The zero-order valence-electron chi connectivity index (χ0n) is 13.9. The Hall–Kier alpha value is -1.50. The van der Waals surface area contributed by atoms with E-state index in [1.165, 1.54) is 0 Å². The Kier molecular flexibility index (Phi) is 6.74. The van der Waals surface area contributed by atoms with Crippen LogP contribution in [0.1, 0.15) is 44.7 Å². The largest absolute Gasteiger partial charge is 0.496 e. The summed E-state index contributed by atoms with van der Waals surface area (Å²) in [6.07, 6.45) is 1.59. The van der Waals surface area contributed by atoms with E-state index in [9.17, 15) is 0 Å². The Bertz CT molecular complexity index is 512. The van der Waals surface area contributed by atoms with Crippen molar-refractivity contribution in [1.29, 1.82) is 0 Å². The summed E-state index contributed by atoms with van der Waals surface area (Å²) in [5.41, 5.74) is 2.24. The molecule has 1 aromatic rings. The fourth-order valence-corrected chi connectivity index (χ4v) is 1.94. The van der Waals surface area contributed by atoms with Crippen molar-refractivity contribution in [2.75, 3.05) is 20.8 Å². The minimum Gasteiger partial charge on any atom is -0.496 e. The van der Waals surface area contributed by atoms with Gasteiger partial charge in [-0.3, -0.25) is 4.90 Å². The van der Waals surface area contributed by atoms with Gasteiger partial charge >= 0.3 is 0 Å². The maximum atomic E-state index is 8.79. The molecule has 0 spiro atoms. The molecule has 1 N–H and O–H groups in total. The summed E-state index contributed by atoms with van der Waals surface area (Å²) in [4.78, 5) is 2.33. The van der Waals surface area contributed by atoms with Crippen LogP contribution >= 0.6 is 0 Å². The van der Waals surface area contributed by atoms with E-state index in [0.29, 0.717) is 6.42 Å². The van der Waals surface area contributed by atoms with Crippen LogP contribution in [0.4, 0.5) is 0 Å². The van der Waals surface area contributed by atoms with Crippen molar-refractivity contribution < 1.29 is 9.84 Å². The minimum absolute atomic E-state index is 0.101. The van der Waals surface area contributed by atoms with Crippen molar-refractivity contribution >= 4 is 0 Å². The maximum absolute atomic E-state index is 8.79. The molecule has 0 aromatic heterocycles. The van der Waals surface area contributed by atoms with E-state index in [-0.39, 0.29) is 12.1 Å². The molecule has 3 heteroatoms. The third-order valence-electron chi connectivity index (χ3n) is 4.06. The lowest BCUT2D eigenvalue weighted by Gasteiger charge is -2.35. The first-order valence-corrected chi connectivity index (χ1v) is 7.42. The molecule has 0 heterocycles. The van der Waals surface area contributed by atoms with E-state index in [0.717, 1.165) is 29.8 Å². The Balaban J connectivity index is 2.99. The first-order chi connectivity index (χ1) is 9.94. The van der Waals surface area contributed by atoms with E-state index in [1.807, 2.05) is 12.1 Å². The maximum Gasteiger partial charge on any atom is 0.123 e. The smallest absolute Gasteiger partial charge is 0.123 e. The van der Waals surface area contributed by atoms with Gasteiger partial charge < -0.3 is 9.84 Å². The van der Waals surface area contributed by atoms with E-state index in [4.69, 9.17) is 9.84 Å². The summed E-state index contributed by atoms with van der Waals surface area (Å²) >= 11 is 0. The lowest BCUT2D eigenvalue weighted by Crippen LogP contribution is -2.39. The van der Waals surface area contributed by atoms with Crippen LogP contribution in [0.25, 0.3) is 0 Å². The lowest BCUT2D eigenvalue weighted by atomic mass is 9.98. The fourth-order valence-electron chi connectivity index (χ4n) is 1.94. The molecule has 0 radical (unpaired) electrons. The molecule has 0 saturated carbocycles. The fraction of sp³-hybridized carbons (Fsp3) is 0.556. The highest BCUT2D eigenvalue weighted by Crippen LogP contribution is 2.25. The number of aliphatic hydroxyl groups excluding tert-OH is 1. The van der Waals surface area contributed by atoms with E-state index >= 15 is 0 Å². The summed E-state index contributed by atoms with van der Waals surface area (Å²) in [5, 5.41) is 8.79. The predicted molar refractivity (Wildman–Crippen MR) is 87.4 cm³/mol. The number of hydrogen-bond donors (Lipinski definition) is 1. The van der Waals surface area contributed by atoms with Gasteiger partial charge in [0, 0.05) is 29.6 Å². The van der Waals surface area contributed by atoms with Gasteiger partial charge in [-0.05, 0) is 45.5 Å². The van der Waals surface area contributed by atoms with Crippen LogP contribution in [0.3, 0.4) is 0 Å². The minimum atomic E-state index is 0.101. The highest BCUT2D eigenvalue weighted by molar-refractivity contribution is 5.44. The van der Waals surface area contributed by atoms with Gasteiger partial charge in [0.15, 0.2) is 0 Å². The highest BCUT2D eigenvalue weighted by atomic mass is 16.5. The summed E-state index contributed by atoms with van der Waals surface area (Å²) < 4.78 is 5.46. The standard InChI is InChI=1S/C18H27NO2/c1-6-18(2,3)19(4)14-16-13-15(9-7-8-12-20)10-11-17(16)21-5/h10-11,13,20H,6,8,12,14H2,1-5H3. The monoisotopic (exact) mass is 289 g/mol. The number of nitrogens with zero attached hydrogens (tertiary/aromatic N) is 1. The third-order valence-corrected chi connectivity index (χ3v) is 4.06. The van der Waals surface area contributed by atoms with E-state index in [2.05, 4.69) is 50.6 Å². The molecule has 0 aliphatic heterocycles. The number of ether oxygens (including phenoxy) is 1. The molecule has 0 amide bonds. The molecule has 1 aromatic carbocycles. The summed E-state index contributed by atoms with van der Waals surface area (Å²) in [6, 6.07) is 5.99. The van der Waals surface area contributed by atoms with Crippen molar-refractivity contribution in [3.8, 4) is 17.6 Å². The molecule has 3 nitrogen and oxygen atoms in total. The van der Waals surface area contributed by atoms with Gasteiger partial charge in [-0.15, -0.1) is 0 Å². The van der Waals surface area contributed by atoms with Crippen LogP contribution in [0.15, 0.2) is 18.2 Å². The molecule has 0 unspecified atom stereocenters. The molecular formula is C18H27NO2. The summed E-state index contributed by atoms with van der Waals surface area (Å²) in [7, 11) is 3.83. The predicted octanol–water partition coefficient (Wildman–Crippen LogP) is 3.05. The zero-order chi connectivity index (χ0) is 15.9. The Morgan fingerprint density at radius 1 is 1.33 bits per heavy atom. The molecule has 0 saturated heterocycles. The van der Waals surface area contributed by atoms with Gasteiger partial charge in [0.05, 0.1) is 13.7 Å². The number of aliphatic hydroxyl groups is 1. The second kappa shape index (κ2) is 8.07. The second-order valence-corrected chi connectivity index (χ2v) is 5.82. The van der Waals surface area contributed by atoms with E-state index in [1.54, 1.807) is 7.11 Å². The van der Waals surface area contributed by atoms with Crippen molar-refractivity contribution in [2.45, 2.75) is 45.7 Å². The Morgan fingerprint density at radius 3 is 2.62 bits per heavy atom. The SMILES string of the molecule is CCC(C)(C)N(C)Cc1cc(C#CCCO)ccc1OC. The molecule has 21 heavy (non-hydrogen) atoms. The van der Waals surface area contributed by atoms with Crippen LogP contribution in [0.5, 0.6) is 5.75 Å². The first kappa shape index (κ1) is 17.6. The van der Waals surface area contributed by atoms with Gasteiger partial charge in [0.25, 0.3) is 0 Å². The van der Waals surface area contributed by atoms with Crippen molar-refractivity contribution in [3.05, 3.63) is 29.3 Å². The molecule has 0 bridgehead atoms. The number of benzene rings is 1. The molecule has 0 fully saturated rings. The van der Waals surface area contributed by atoms with Crippen LogP contribution < -0.4 is 4.74 Å².